The summed E-state index contributed by atoms with van der Waals surface area (Å²) >= 11 is 0. The summed E-state index contributed by atoms with van der Waals surface area (Å²) in [5.74, 6) is -0.174. The van der Waals surface area contributed by atoms with Gasteiger partial charge in [0.15, 0.2) is 0 Å². The molecule has 0 spiro atoms. The molecule has 0 aromatic carbocycles. The molecule has 1 aliphatic heterocycles. The number of hydrogen-bond donors (Lipinski definition) is 1. The molecule has 1 heterocycles. The highest BCUT2D eigenvalue weighted by Gasteiger charge is 2.26. The second kappa shape index (κ2) is 6.96. The second-order valence-electron chi connectivity index (χ2n) is 4.28. The first-order valence-corrected chi connectivity index (χ1v) is 5.88. The van der Waals surface area contributed by atoms with Crippen LogP contribution in [-0.2, 0) is 9.53 Å². The molecular weight excluding hydrogens is 235 g/mol. The third kappa shape index (κ3) is 7.33. The Labute approximate surface area is 98.7 Å². The third-order valence-corrected chi connectivity index (χ3v) is 2.65. The topological polar surface area (TPSA) is 38.3 Å². The summed E-state index contributed by atoms with van der Waals surface area (Å²) in [4.78, 5) is 11.2. The predicted octanol–water partition coefficient (Wildman–Crippen LogP) is 2.06. The van der Waals surface area contributed by atoms with Gasteiger partial charge in [-0.1, -0.05) is 0 Å². The van der Waals surface area contributed by atoms with Crippen molar-refractivity contribution in [3.05, 3.63) is 0 Å². The maximum absolute atomic E-state index is 11.8. The van der Waals surface area contributed by atoms with Crippen LogP contribution in [-0.4, -0.2) is 37.8 Å². The van der Waals surface area contributed by atoms with Crippen molar-refractivity contribution in [1.82, 2.24) is 5.32 Å². The highest BCUT2D eigenvalue weighted by Crippen LogP contribution is 2.17. The third-order valence-electron chi connectivity index (χ3n) is 2.65. The maximum atomic E-state index is 11.8. The van der Waals surface area contributed by atoms with E-state index >= 15 is 0 Å². The molecule has 1 atom stereocenters. The first kappa shape index (κ1) is 14.4. The number of alkyl halides is 3. The fourth-order valence-corrected chi connectivity index (χ4v) is 1.83. The second-order valence-corrected chi connectivity index (χ2v) is 4.28. The number of ether oxygens (including phenoxy) is 1. The molecule has 0 bridgehead atoms. The summed E-state index contributed by atoms with van der Waals surface area (Å²) < 4.78 is 40.7. The van der Waals surface area contributed by atoms with E-state index in [4.69, 9.17) is 4.74 Å². The Bertz CT molecular complexity index is 237. The van der Waals surface area contributed by atoms with Crippen molar-refractivity contribution in [3.63, 3.8) is 0 Å². The van der Waals surface area contributed by atoms with Crippen LogP contribution in [0.3, 0.4) is 0 Å². The quantitative estimate of drug-likeness (QED) is 0.754. The van der Waals surface area contributed by atoms with Crippen molar-refractivity contribution < 1.29 is 22.7 Å². The molecule has 3 nitrogen and oxygen atoms in total. The largest absolute Gasteiger partial charge is 0.401 e. The smallest absolute Gasteiger partial charge is 0.378 e. The molecule has 6 heteroatoms. The molecule has 1 unspecified atom stereocenters. The molecule has 100 valence electrons. The number of carbonyl (C=O) groups is 1. The van der Waals surface area contributed by atoms with Gasteiger partial charge in [0.05, 0.1) is 19.2 Å². The summed E-state index contributed by atoms with van der Waals surface area (Å²) in [6.45, 7) is -0.527. The molecule has 1 rings (SSSR count). The van der Waals surface area contributed by atoms with Gasteiger partial charge in [-0.25, -0.2) is 0 Å². The van der Waals surface area contributed by atoms with Crippen molar-refractivity contribution >= 4 is 5.78 Å². The van der Waals surface area contributed by atoms with Gasteiger partial charge in [-0.05, 0) is 25.7 Å². The average Bonchev–Trinajstić information content (AvgIpc) is 2.68. The molecule has 0 amide bonds. The van der Waals surface area contributed by atoms with Gasteiger partial charge >= 0.3 is 6.18 Å². The number of rotatable bonds is 7. The van der Waals surface area contributed by atoms with E-state index in [1.165, 1.54) is 0 Å². The van der Waals surface area contributed by atoms with E-state index in [0.29, 0.717) is 12.8 Å². The fourth-order valence-electron chi connectivity index (χ4n) is 1.83. The maximum Gasteiger partial charge on any atom is 0.401 e. The normalized spacial score (nSPS) is 20.8. The van der Waals surface area contributed by atoms with E-state index in [-0.39, 0.29) is 18.4 Å². The standard InChI is InChI=1S/C11H18F3NO2/c12-11(13,14)8-15-7-9(16)3-1-4-10-5-2-6-17-10/h10,15H,1-8H2. The van der Waals surface area contributed by atoms with Gasteiger partial charge in [-0.15, -0.1) is 0 Å². The summed E-state index contributed by atoms with van der Waals surface area (Å²) in [6.07, 6.45) is -0.0807. The van der Waals surface area contributed by atoms with E-state index in [9.17, 15) is 18.0 Å². The summed E-state index contributed by atoms with van der Waals surface area (Å²) in [5.41, 5.74) is 0. The van der Waals surface area contributed by atoms with Crippen molar-refractivity contribution in [2.45, 2.75) is 44.4 Å². The van der Waals surface area contributed by atoms with Crippen molar-refractivity contribution in [2.75, 3.05) is 19.7 Å². The van der Waals surface area contributed by atoms with Crippen LogP contribution in [0.2, 0.25) is 0 Å². The van der Waals surface area contributed by atoms with Crippen molar-refractivity contribution in [3.8, 4) is 0 Å². The Balaban J connectivity index is 1.97. The van der Waals surface area contributed by atoms with Gasteiger partial charge in [0.1, 0.15) is 5.78 Å². The van der Waals surface area contributed by atoms with E-state index < -0.39 is 12.7 Å². The Morgan fingerprint density at radius 2 is 2.18 bits per heavy atom. The number of ketones is 1. The first-order chi connectivity index (χ1) is 7.97. The Morgan fingerprint density at radius 1 is 1.41 bits per heavy atom. The lowest BCUT2D eigenvalue weighted by atomic mass is 10.1. The van der Waals surface area contributed by atoms with Crippen LogP contribution in [0, 0.1) is 0 Å². The number of hydrogen-bond acceptors (Lipinski definition) is 3. The van der Waals surface area contributed by atoms with Gasteiger partial charge in [-0.2, -0.15) is 13.2 Å². The van der Waals surface area contributed by atoms with E-state index in [2.05, 4.69) is 5.32 Å². The van der Waals surface area contributed by atoms with E-state index in [0.717, 1.165) is 25.9 Å². The molecule has 1 saturated heterocycles. The lowest BCUT2D eigenvalue weighted by molar-refractivity contribution is -0.127. The highest BCUT2D eigenvalue weighted by atomic mass is 19.4. The number of Topliss-reactive ketones (excluding diaryl/α,β-unsaturated/α-hetero) is 1. The molecular formula is C11H18F3NO2. The molecule has 0 aromatic rings. The molecule has 1 N–H and O–H groups in total. The van der Waals surface area contributed by atoms with E-state index in [1.54, 1.807) is 0 Å². The zero-order chi connectivity index (χ0) is 12.7. The molecule has 1 aliphatic rings. The minimum absolute atomic E-state index is 0.174. The average molecular weight is 253 g/mol. The molecule has 17 heavy (non-hydrogen) atoms. The summed E-state index contributed by atoms with van der Waals surface area (Å²) in [6, 6.07) is 0. The van der Waals surface area contributed by atoms with Gasteiger partial charge in [0.2, 0.25) is 0 Å². The summed E-state index contributed by atoms with van der Waals surface area (Å²) in [7, 11) is 0. The van der Waals surface area contributed by atoms with Crippen LogP contribution in [0.5, 0.6) is 0 Å². The van der Waals surface area contributed by atoms with Crippen LogP contribution in [0.1, 0.15) is 32.1 Å². The minimum atomic E-state index is -4.25. The van der Waals surface area contributed by atoms with Gasteiger partial charge in [-0.3, -0.25) is 4.79 Å². The van der Waals surface area contributed by atoms with E-state index in [1.807, 2.05) is 0 Å². The Hall–Kier alpha value is -0.620. The van der Waals surface area contributed by atoms with Crippen molar-refractivity contribution in [1.29, 1.82) is 0 Å². The fraction of sp³-hybridized carbons (Fsp3) is 0.909. The minimum Gasteiger partial charge on any atom is -0.378 e. The monoisotopic (exact) mass is 253 g/mol. The lowest BCUT2D eigenvalue weighted by Crippen LogP contribution is -2.32. The Morgan fingerprint density at radius 3 is 2.76 bits per heavy atom. The highest BCUT2D eigenvalue weighted by molar-refractivity contribution is 5.80. The number of carbonyl (C=O) groups excluding carboxylic acids is 1. The predicted molar refractivity (Wildman–Crippen MR) is 56.8 cm³/mol. The zero-order valence-electron chi connectivity index (χ0n) is 9.68. The van der Waals surface area contributed by atoms with Crippen LogP contribution in [0.4, 0.5) is 13.2 Å². The molecule has 1 fully saturated rings. The van der Waals surface area contributed by atoms with Gasteiger partial charge < -0.3 is 10.1 Å². The van der Waals surface area contributed by atoms with Gasteiger partial charge in [0, 0.05) is 13.0 Å². The van der Waals surface area contributed by atoms with Gasteiger partial charge in [0.25, 0.3) is 0 Å². The Kier molecular flexibility index (Phi) is 5.91. The number of halogens is 3. The van der Waals surface area contributed by atoms with Crippen LogP contribution in [0.25, 0.3) is 0 Å². The van der Waals surface area contributed by atoms with Crippen LogP contribution < -0.4 is 5.32 Å². The molecule has 0 saturated carbocycles. The summed E-state index contributed by atoms with van der Waals surface area (Å²) in [5, 5.41) is 2.10. The first-order valence-electron chi connectivity index (χ1n) is 5.88. The van der Waals surface area contributed by atoms with Crippen LogP contribution >= 0.6 is 0 Å². The SMILES string of the molecule is O=C(CCCC1CCCO1)CNCC(F)(F)F. The molecule has 0 aromatic heterocycles. The number of nitrogens with one attached hydrogen (secondary N) is 1. The zero-order valence-corrected chi connectivity index (χ0v) is 9.68. The van der Waals surface area contributed by atoms with Crippen LogP contribution in [0.15, 0.2) is 0 Å². The molecule has 0 aliphatic carbocycles. The van der Waals surface area contributed by atoms with Crippen molar-refractivity contribution in [2.24, 2.45) is 0 Å². The molecule has 0 radical (unpaired) electrons. The lowest BCUT2D eigenvalue weighted by Gasteiger charge is -2.09.